The highest BCUT2D eigenvalue weighted by molar-refractivity contribution is 5.93. The largest absolute Gasteiger partial charge is 0.478 e. The number of hydrogen-bond acceptors (Lipinski definition) is 1. The van der Waals surface area contributed by atoms with Crippen molar-refractivity contribution in [3.63, 3.8) is 0 Å². The topological polar surface area (TPSA) is 37.3 Å². The highest BCUT2D eigenvalue weighted by atomic mass is 16.4. The third-order valence-electron chi connectivity index (χ3n) is 3.91. The van der Waals surface area contributed by atoms with Crippen LogP contribution in [0.3, 0.4) is 0 Å². The molecule has 3 aromatic carbocycles. The van der Waals surface area contributed by atoms with Gasteiger partial charge in [0, 0.05) is 5.57 Å². The molecule has 0 amide bonds. The number of carboxylic acids is 1. The van der Waals surface area contributed by atoms with Crippen molar-refractivity contribution in [3.05, 3.63) is 89.5 Å². The summed E-state index contributed by atoms with van der Waals surface area (Å²) < 4.78 is 0. The Kier molecular flexibility index (Phi) is 4.53. The van der Waals surface area contributed by atoms with Gasteiger partial charge >= 0.3 is 5.97 Å². The minimum atomic E-state index is -0.853. The van der Waals surface area contributed by atoms with Gasteiger partial charge in [0.15, 0.2) is 0 Å². The van der Waals surface area contributed by atoms with Crippen molar-refractivity contribution >= 4 is 22.8 Å². The molecule has 0 bridgehead atoms. The van der Waals surface area contributed by atoms with Crippen molar-refractivity contribution in [1.82, 2.24) is 0 Å². The van der Waals surface area contributed by atoms with E-state index in [0.717, 1.165) is 28.3 Å². The first-order valence-electron chi connectivity index (χ1n) is 7.69. The number of carbonyl (C=O) groups is 1. The average Bonchev–Trinajstić information content (AvgIpc) is 2.59. The van der Waals surface area contributed by atoms with Crippen LogP contribution in [-0.2, 0) is 11.2 Å². The molecule has 3 aromatic rings. The number of aliphatic carboxylic acids is 1. The fraction of sp³-hybridized carbons (Fsp3) is 0.0952. The van der Waals surface area contributed by atoms with E-state index in [2.05, 4.69) is 6.07 Å². The Balaban J connectivity index is 1.83. The van der Waals surface area contributed by atoms with Crippen LogP contribution in [0.15, 0.2) is 78.4 Å². The van der Waals surface area contributed by atoms with Crippen molar-refractivity contribution in [2.45, 2.75) is 12.8 Å². The summed E-state index contributed by atoms with van der Waals surface area (Å²) in [7, 11) is 0. The molecule has 23 heavy (non-hydrogen) atoms. The highest BCUT2D eigenvalue weighted by Crippen LogP contribution is 2.19. The summed E-state index contributed by atoms with van der Waals surface area (Å²) in [6.45, 7) is 0. The second-order valence-electron chi connectivity index (χ2n) is 5.57. The first-order valence-corrected chi connectivity index (χ1v) is 7.69. The fourth-order valence-electron chi connectivity index (χ4n) is 2.66. The Morgan fingerprint density at radius 3 is 2.30 bits per heavy atom. The Morgan fingerprint density at radius 2 is 1.57 bits per heavy atom. The van der Waals surface area contributed by atoms with Gasteiger partial charge in [-0.25, -0.2) is 4.79 Å². The first-order chi connectivity index (χ1) is 11.2. The van der Waals surface area contributed by atoms with E-state index in [-0.39, 0.29) is 0 Å². The summed E-state index contributed by atoms with van der Waals surface area (Å²) in [4.78, 5) is 11.5. The Bertz CT molecular complexity index is 848. The number of rotatable bonds is 5. The fourth-order valence-corrected chi connectivity index (χ4v) is 2.66. The minimum absolute atomic E-state index is 0.434. The van der Waals surface area contributed by atoms with Crippen LogP contribution in [0.1, 0.15) is 17.5 Å². The molecule has 0 aliphatic carbocycles. The molecule has 0 atom stereocenters. The molecule has 0 fully saturated rings. The quantitative estimate of drug-likeness (QED) is 0.678. The summed E-state index contributed by atoms with van der Waals surface area (Å²) in [5.74, 6) is -0.853. The summed E-state index contributed by atoms with van der Waals surface area (Å²) in [6, 6.07) is 24.1. The van der Waals surface area contributed by atoms with Gasteiger partial charge in [0.05, 0.1) is 0 Å². The zero-order valence-corrected chi connectivity index (χ0v) is 12.8. The van der Waals surface area contributed by atoms with Crippen LogP contribution in [0, 0.1) is 0 Å². The molecular weight excluding hydrogens is 284 g/mol. The average molecular weight is 302 g/mol. The Morgan fingerprint density at radius 1 is 0.870 bits per heavy atom. The maximum atomic E-state index is 11.5. The SMILES string of the molecule is O=C(O)/C(=C/c1ccc2ccccc2c1)CCc1ccccc1. The van der Waals surface area contributed by atoms with Crippen molar-refractivity contribution in [2.24, 2.45) is 0 Å². The van der Waals surface area contributed by atoms with Gasteiger partial charge in [-0.2, -0.15) is 0 Å². The van der Waals surface area contributed by atoms with Crippen molar-refractivity contribution in [3.8, 4) is 0 Å². The van der Waals surface area contributed by atoms with Gasteiger partial charge in [-0.05, 0) is 46.9 Å². The first kappa shape index (κ1) is 15.0. The Labute approximate surface area is 135 Å². The maximum absolute atomic E-state index is 11.5. The zero-order valence-electron chi connectivity index (χ0n) is 12.8. The predicted molar refractivity (Wildman–Crippen MR) is 94.3 cm³/mol. The third kappa shape index (κ3) is 3.86. The molecule has 0 unspecified atom stereocenters. The van der Waals surface area contributed by atoms with Crippen molar-refractivity contribution in [1.29, 1.82) is 0 Å². The molecule has 0 saturated heterocycles. The summed E-state index contributed by atoms with van der Waals surface area (Å²) in [6.07, 6.45) is 3.02. The molecule has 2 nitrogen and oxygen atoms in total. The molecule has 0 radical (unpaired) electrons. The van der Waals surface area contributed by atoms with Crippen LogP contribution in [0.4, 0.5) is 0 Å². The van der Waals surface area contributed by atoms with E-state index in [0.29, 0.717) is 12.0 Å². The summed E-state index contributed by atoms with van der Waals surface area (Å²) >= 11 is 0. The normalized spacial score (nSPS) is 11.6. The number of benzene rings is 3. The summed E-state index contributed by atoms with van der Waals surface area (Å²) in [5.41, 5.74) is 2.51. The van der Waals surface area contributed by atoms with Crippen LogP contribution < -0.4 is 0 Å². The molecule has 0 aromatic heterocycles. The molecule has 0 saturated carbocycles. The minimum Gasteiger partial charge on any atom is -0.478 e. The molecular formula is C21H18O2. The number of aryl methyl sites for hydroxylation is 1. The molecule has 0 heterocycles. The van der Waals surface area contributed by atoms with E-state index in [1.54, 1.807) is 6.08 Å². The second kappa shape index (κ2) is 6.93. The molecule has 3 rings (SSSR count). The van der Waals surface area contributed by atoms with Crippen LogP contribution in [-0.4, -0.2) is 11.1 Å². The third-order valence-corrected chi connectivity index (χ3v) is 3.91. The standard InChI is InChI=1S/C21H18O2/c22-21(23)20(13-10-16-6-2-1-3-7-16)15-17-11-12-18-8-4-5-9-19(18)14-17/h1-9,11-12,14-15H,10,13H2,(H,22,23)/b20-15+. The lowest BCUT2D eigenvalue weighted by Crippen LogP contribution is -2.02. The van der Waals surface area contributed by atoms with E-state index in [4.69, 9.17) is 0 Å². The number of fused-ring (bicyclic) bond motifs is 1. The Hall–Kier alpha value is -2.87. The van der Waals surface area contributed by atoms with Gasteiger partial charge in [0.2, 0.25) is 0 Å². The van der Waals surface area contributed by atoms with Crippen molar-refractivity contribution in [2.75, 3.05) is 0 Å². The van der Waals surface area contributed by atoms with Crippen LogP contribution in [0.2, 0.25) is 0 Å². The number of hydrogen-bond donors (Lipinski definition) is 1. The molecule has 0 aliphatic rings. The van der Waals surface area contributed by atoms with Crippen LogP contribution >= 0.6 is 0 Å². The van der Waals surface area contributed by atoms with E-state index >= 15 is 0 Å². The second-order valence-corrected chi connectivity index (χ2v) is 5.57. The molecule has 114 valence electrons. The van der Waals surface area contributed by atoms with E-state index < -0.39 is 5.97 Å². The highest BCUT2D eigenvalue weighted by Gasteiger charge is 2.08. The monoisotopic (exact) mass is 302 g/mol. The van der Waals surface area contributed by atoms with Crippen LogP contribution in [0.5, 0.6) is 0 Å². The van der Waals surface area contributed by atoms with Gasteiger partial charge < -0.3 is 5.11 Å². The lowest BCUT2D eigenvalue weighted by atomic mass is 10.0. The van der Waals surface area contributed by atoms with Gasteiger partial charge in [0.25, 0.3) is 0 Å². The smallest absolute Gasteiger partial charge is 0.331 e. The predicted octanol–water partition coefficient (Wildman–Crippen LogP) is 4.94. The maximum Gasteiger partial charge on any atom is 0.331 e. The molecule has 0 aliphatic heterocycles. The van der Waals surface area contributed by atoms with E-state index in [1.807, 2.05) is 66.7 Å². The molecule has 2 heteroatoms. The van der Waals surface area contributed by atoms with Gasteiger partial charge in [0.1, 0.15) is 0 Å². The van der Waals surface area contributed by atoms with Gasteiger partial charge in [-0.15, -0.1) is 0 Å². The van der Waals surface area contributed by atoms with E-state index in [9.17, 15) is 9.90 Å². The van der Waals surface area contributed by atoms with Crippen LogP contribution in [0.25, 0.3) is 16.8 Å². The van der Waals surface area contributed by atoms with Gasteiger partial charge in [-0.3, -0.25) is 0 Å². The number of carboxylic acid groups (broad SMARTS) is 1. The van der Waals surface area contributed by atoms with Crippen molar-refractivity contribution < 1.29 is 9.90 Å². The summed E-state index contributed by atoms with van der Waals surface area (Å²) in [5, 5.41) is 11.7. The molecule has 0 spiro atoms. The zero-order chi connectivity index (χ0) is 16.1. The molecule has 1 N–H and O–H groups in total. The van der Waals surface area contributed by atoms with E-state index in [1.165, 1.54) is 0 Å². The lowest BCUT2D eigenvalue weighted by Gasteiger charge is -2.05. The lowest BCUT2D eigenvalue weighted by molar-refractivity contribution is -0.132. The van der Waals surface area contributed by atoms with Gasteiger partial charge in [-0.1, -0.05) is 66.7 Å².